The Hall–Kier alpha value is -1.99. The van der Waals surface area contributed by atoms with E-state index in [1.54, 1.807) is 0 Å². The summed E-state index contributed by atoms with van der Waals surface area (Å²) in [6.45, 7) is 0.664. The summed E-state index contributed by atoms with van der Waals surface area (Å²) < 4.78 is 22.3. The fraction of sp³-hybridized carbons (Fsp3) is 0.538. The molecule has 0 bridgehead atoms. The number of nitrogens with one attached hydrogen (secondary N) is 1. The smallest absolute Gasteiger partial charge is 0.387 e. The zero-order chi connectivity index (χ0) is 20.0. The molecule has 14 heteroatoms. The second-order valence-corrected chi connectivity index (χ2v) is 7.56. The zero-order valence-corrected chi connectivity index (χ0v) is 15.0. The van der Waals surface area contributed by atoms with Crippen LogP contribution in [0.3, 0.4) is 0 Å². The van der Waals surface area contributed by atoms with Crippen molar-refractivity contribution in [1.82, 2.24) is 14.5 Å². The van der Waals surface area contributed by atoms with Crippen molar-refractivity contribution < 1.29 is 33.8 Å². The molecule has 3 heterocycles. The number of ether oxygens (including phenoxy) is 1. The minimum Gasteiger partial charge on any atom is -0.387 e. The highest BCUT2D eigenvalue weighted by Crippen LogP contribution is 2.43. The fourth-order valence-corrected chi connectivity index (χ4v) is 3.46. The van der Waals surface area contributed by atoms with Gasteiger partial charge in [0, 0.05) is 11.8 Å². The highest BCUT2D eigenvalue weighted by atomic mass is 31.2. The number of nitrogens with two attached hydrogens (primary N) is 1. The van der Waals surface area contributed by atoms with Gasteiger partial charge in [-0.25, -0.2) is 20.1 Å². The van der Waals surface area contributed by atoms with E-state index in [9.17, 15) is 14.8 Å². The van der Waals surface area contributed by atoms with Crippen LogP contribution in [0.1, 0.15) is 18.7 Å². The molecular formula is C13H19N6O7P. The predicted molar refractivity (Wildman–Crippen MR) is 89.3 cm³/mol. The Balaban J connectivity index is 2.01. The highest BCUT2D eigenvalue weighted by Gasteiger charge is 2.54. The van der Waals surface area contributed by atoms with Gasteiger partial charge in [-0.3, -0.25) is 4.52 Å². The first kappa shape index (κ1) is 19.8. The van der Waals surface area contributed by atoms with Crippen molar-refractivity contribution in [2.45, 2.75) is 37.5 Å². The molecule has 3 unspecified atom stereocenters. The van der Waals surface area contributed by atoms with Crippen LogP contribution in [0.5, 0.6) is 0 Å². The fourth-order valence-electron chi connectivity index (χ4n) is 3.12. The minimum absolute atomic E-state index is 0.0107. The van der Waals surface area contributed by atoms with Crippen LogP contribution < -0.4 is 5.73 Å². The molecule has 7 N–H and O–H groups in total. The number of fused-ring (bicyclic) bond motifs is 1. The SMILES string of the molecule is C[C@@]1(O)C(O)C(COP(=O)(O)O)OC1n1cc(CN=N)c2c(N)ncnc21. The Morgan fingerprint density at radius 2 is 2.22 bits per heavy atom. The molecule has 0 saturated carbocycles. The molecule has 0 spiro atoms. The van der Waals surface area contributed by atoms with Crippen LogP contribution in [-0.4, -0.2) is 59.0 Å². The number of nitrogens with zero attached hydrogens (tertiary/aromatic N) is 4. The quantitative estimate of drug-likeness (QED) is 0.273. The van der Waals surface area contributed by atoms with E-state index in [0.717, 1.165) is 0 Å². The van der Waals surface area contributed by atoms with Crippen molar-refractivity contribution >= 4 is 24.7 Å². The normalized spacial score (nSPS) is 28.7. The summed E-state index contributed by atoms with van der Waals surface area (Å²) in [6, 6.07) is 0. The van der Waals surface area contributed by atoms with Gasteiger partial charge in [0.15, 0.2) is 6.23 Å². The lowest BCUT2D eigenvalue weighted by atomic mass is 9.96. The number of aliphatic hydroxyl groups excluding tert-OH is 1. The molecule has 2 aromatic rings. The third-order valence-electron chi connectivity index (χ3n) is 4.38. The van der Waals surface area contributed by atoms with Crippen molar-refractivity contribution in [2.75, 3.05) is 12.3 Å². The largest absolute Gasteiger partial charge is 0.469 e. The van der Waals surface area contributed by atoms with E-state index in [4.69, 9.17) is 25.8 Å². The summed E-state index contributed by atoms with van der Waals surface area (Å²) in [6.07, 6.45) is -1.15. The summed E-state index contributed by atoms with van der Waals surface area (Å²) in [7, 11) is -4.78. The molecule has 1 aliphatic rings. The van der Waals surface area contributed by atoms with E-state index in [1.807, 2.05) is 0 Å². The molecule has 13 nitrogen and oxygen atoms in total. The highest BCUT2D eigenvalue weighted by molar-refractivity contribution is 7.46. The van der Waals surface area contributed by atoms with E-state index >= 15 is 0 Å². The first-order valence-corrected chi connectivity index (χ1v) is 9.28. The van der Waals surface area contributed by atoms with Crippen LogP contribution in [0.25, 0.3) is 11.0 Å². The second-order valence-electron chi connectivity index (χ2n) is 6.32. The van der Waals surface area contributed by atoms with Crippen LogP contribution >= 0.6 is 7.82 Å². The molecule has 4 atom stereocenters. The summed E-state index contributed by atoms with van der Waals surface area (Å²) >= 11 is 0. The van der Waals surface area contributed by atoms with Crippen LogP contribution in [-0.2, 0) is 20.4 Å². The molecule has 3 rings (SSSR count). The van der Waals surface area contributed by atoms with Gasteiger partial charge in [-0.15, -0.1) is 0 Å². The molecule has 2 aromatic heterocycles. The third kappa shape index (κ3) is 3.58. The van der Waals surface area contributed by atoms with Gasteiger partial charge in [-0.05, 0) is 6.92 Å². The van der Waals surface area contributed by atoms with Crippen molar-refractivity contribution in [3.05, 3.63) is 18.1 Å². The Kier molecular flexibility index (Phi) is 5.03. The van der Waals surface area contributed by atoms with Crippen molar-refractivity contribution in [3.8, 4) is 0 Å². The van der Waals surface area contributed by atoms with Gasteiger partial charge in [-0.2, -0.15) is 5.11 Å². The van der Waals surface area contributed by atoms with Gasteiger partial charge in [0.1, 0.15) is 35.6 Å². The number of aromatic nitrogens is 3. The number of anilines is 1. The molecule has 0 aliphatic carbocycles. The van der Waals surface area contributed by atoms with E-state index in [-0.39, 0.29) is 18.0 Å². The Morgan fingerprint density at radius 1 is 1.52 bits per heavy atom. The summed E-state index contributed by atoms with van der Waals surface area (Å²) in [4.78, 5) is 25.7. The monoisotopic (exact) mass is 402 g/mol. The van der Waals surface area contributed by atoms with Crippen LogP contribution in [0.4, 0.5) is 5.82 Å². The number of aliphatic hydroxyl groups is 2. The first-order valence-electron chi connectivity index (χ1n) is 7.75. The third-order valence-corrected chi connectivity index (χ3v) is 4.87. The number of phosphoric acid groups is 1. The van der Waals surface area contributed by atoms with Gasteiger partial charge < -0.3 is 35.0 Å². The molecule has 1 aliphatic heterocycles. The number of rotatable bonds is 6. The van der Waals surface area contributed by atoms with Crippen LogP contribution in [0, 0.1) is 5.53 Å². The lowest BCUT2D eigenvalue weighted by Crippen LogP contribution is -2.44. The number of phosphoric ester groups is 1. The van der Waals surface area contributed by atoms with Crippen molar-refractivity contribution in [1.29, 1.82) is 5.53 Å². The van der Waals surface area contributed by atoms with Crippen LogP contribution in [0.15, 0.2) is 17.6 Å². The number of hydrogen-bond donors (Lipinski definition) is 6. The Morgan fingerprint density at radius 3 is 2.85 bits per heavy atom. The molecule has 27 heavy (non-hydrogen) atoms. The zero-order valence-electron chi connectivity index (χ0n) is 14.1. The molecule has 1 fully saturated rings. The predicted octanol–water partition coefficient (Wildman–Crippen LogP) is -0.337. The number of nitrogen functional groups attached to an aromatic ring is 1. The van der Waals surface area contributed by atoms with E-state index in [0.29, 0.717) is 10.9 Å². The van der Waals surface area contributed by atoms with Crippen molar-refractivity contribution in [3.63, 3.8) is 0 Å². The minimum atomic E-state index is -4.78. The molecular weight excluding hydrogens is 383 g/mol. The topological polar surface area (TPSA) is 209 Å². The second kappa shape index (κ2) is 6.87. The Bertz CT molecular complexity index is 912. The average molecular weight is 402 g/mol. The molecule has 1 saturated heterocycles. The standard InChI is InChI=1S/C13H19N6O7P/c1-13(21)9(20)7(4-25-27(22,23)24)26-12(13)19-3-6(2-18-15)8-10(14)16-5-17-11(8)19/h3,5,7,9,12,15,20-21H,2,4H2,1H3,(H2,14,16,17)(H2,22,23,24)/t7?,9?,12?,13-/m1/s1. The summed E-state index contributed by atoms with van der Waals surface area (Å²) in [5.74, 6) is 0.150. The Labute approximate surface area is 152 Å². The van der Waals surface area contributed by atoms with Crippen LogP contribution in [0.2, 0.25) is 0 Å². The summed E-state index contributed by atoms with van der Waals surface area (Å²) in [5, 5.41) is 24.9. The lowest BCUT2D eigenvalue weighted by molar-refractivity contribution is -0.0947. The lowest BCUT2D eigenvalue weighted by Gasteiger charge is -2.27. The maximum absolute atomic E-state index is 10.9. The molecule has 148 valence electrons. The van der Waals surface area contributed by atoms with Gasteiger partial charge in [0.05, 0.1) is 18.5 Å². The molecule has 0 amide bonds. The summed E-state index contributed by atoms with van der Waals surface area (Å²) in [5.41, 5.74) is 11.9. The maximum Gasteiger partial charge on any atom is 0.469 e. The molecule has 0 aromatic carbocycles. The van der Waals surface area contributed by atoms with E-state index in [1.165, 1.54) is 24.0 Å². The molecule has 0 radical (unpaired) electrons. The van der Waals surface area contributed by atoms with Gasteiger partial charge in [0.2, 0.25) is 0 Å². The van der Waals surface area contributed by atoms with Gasteiger partial charge in [0.25, 0.3) is 0 Å². The first-order chi connectivity index (χ1) is 12.6. The number of hydrogen-bond acceptors (Lipinski definition) is 10. The van der Waals surface area contributed by atoms with Gasteiger partial charge >= 0.3 is 7.82 Å². The maximum atomic E-state index is 10.9. The van der Waals surface area contributed by atoms with Gasteiger partial charge in [-0.1, -0.05) is 0 Å². The van der Waals surface area contributed by atoms with E-state index < -0.39 is 38.5 Å². The van der Waals surface area contributed by atoms with E-state index in [2.05, 4.69) is 19.6 Å². The van der Waals surface area contributed by atoms with Crippen molar-refractivity contribution in [2.24, 2.45) is 5.11 Å². The average Bonchev–Trinajstić information content (AvgIpc) is 3.03.